The summed E-state index contributed by atoms with van der Waals surface area (Å²) in [5.74, 6) is 2.10. The minimum atomic E-state index is 0.0260. The van der Waals surface area contributed by atoms with Crippen LogP contribution in [0.1, 0.15) is 19.3 Å². The molecule has 1 amide bonds. The minimum absolute atomic E-state index is 0.0260. The Morgan fingerprint density at radius 3 is 2.43 bits per heavy atom. The number of amides is 1. The molecule has 1 aliphatic rings. The molecule has 1 aliphatic carbocycles. The van der Waals surface area contributed by atoms with Crippen molar-refractivity contribution in [3.05, 3.63) is 47.5 Å². The van der Waals surface area contributed by atoms with Gasteiger partial charge in [-0.15, -0.1) is 0 Å². The number of rotatable bonds is 5. The third-order valence-electron chi connectivity index (χ3n) is 3.96. The number of carbonyl (C=O) groups is 1. The summed E-state index contributed by atoms with van der Waals surface area (Å²) in [6.07, 6.45) is 3.00. The highest BCUT2D eigenvalue weighted by molar-refractivity contribution is 6.31. The van der Waals surface area contributed by atoms with Crippen molar-refractivity contribution in [2.45, 2.75) is 19.3 Å². The predicted octanol–water partition coefficient (Wildman–Crippen LogP) is 4.88. The number of hydrogen-bond donors (Lipinski definition) is 1. The lowest BCUT2D eigenvalue weighted by Gasteiger charge is -2.24. The normalized spacial score (nSPS) is 14.0. The van der Waals surface area contributed by atoms with E-state index in [-0.39, 0.29) is 11.8 Å². The molecular weight excluding hydrogens is 314 g/mol. The predicted molar refractivity (Wildman–Crippen MR) is 90.5 cm³/mol. The van der Waals surface area contributed by atoms with E-state index in [2.05, 4.69) is 5.32 Å². The fraction of sp³-hybridized carbons (Fsp3) is 0.278. The molecule has 120 valence electrons. The molecule has 0 spiro atoms. The maximum Gasteiger partial charge on any atom is 0.227 e. The van der Waals surface area contributed by atoms with Gasteiger partial charge in [0.25, 0.3) is 0 Å². The zero-order valence-electron chi connectivity index (χ0n) is 12.8. The van der Waals surface area contributed by atoms with E-state index < -0.39 is 0 Å². The molecule has 5 heteroatoms. The van der Waals surface area contributed by atoms with E-state index in [4.69, 9.17) is 21.1 Å². The molecule has 1 N–H and O–H groups in total. The molecule has 0 aliphatic heterocycles. The van der Waals surface area contributed by atoms with Gasteiger partial charge in [0.1, 0.15) is 11.5 Å². The van der Waals surface area contributed by atoms with Crippen molar-refractivity contribution in [3.63, 3.8) is 0 Å². The number of carbonyl (C=O) groups excluding carboxylic acids is 1. The Morgan fingerprint density at radius 1 is 1.13 bits per heavy atom. The van der Waals surface area contributed by atoms with Gasteiger partial charge < -0.3 is 14.8 Å². The molecule has 0 radical (unpaired) electrons. The van der Waals surface area contributed by atoms with Gasteiger partial charge >= 0.3 is 0 Å². The first-order valence-corrected chi connectivity index (χ1v) is 7.96. The van der Waals surface area contributed by atoms with Crippen molar-refractivity contribution >= 4 is 23.2 Å². The van der Waals surface area contributed by atoms with E-state index in [0.29, 0.717) is 22.2 Å². The zero-order valence-corrected chi connectivity index (χ0v) is 13.6. The number of halogens is 1. The van der Waals surface area contributed by atoms with Crippen LogP contribution in [0.15, 0.2) is 42.5 Å². The van der Waals surface area contributed by atoms with Gasteiger partial charge in [0, 0.05) is 10.9 Å². The maximum absolute atomic E-state index is 12.2. The average molecular weight is 332 g/mol. The molecule has 0 atom stereocenters. The highest BCUT2D eigenvalue weighted by Gasteiger charge is 2.26. The van der Waals surface area contributed by atoms with E-state index in [1.54, 1.807) is 25.3 Å². The first kappa shape index (κ1) is 15.7. The molecule has 3 rings (SSSR count). The van der Waals surface area contributed by atoms with E-state index in [9.17, 15) is 4.79 Å². The monoisotopic (exact) mass is 331 g/mol. The standard InChI is InChI=1S/C18H18ClNO3/c1-22-14-6-8-15(9-7-14)23-17-10-5-13(19)11-16(17)20-18(21)12-3-2-4-12/h5-12H,2-4H2,1H3,(H,20,21). The fourth-order valence-corrected chi connectivity index (χ4v) is 2.54. The van der Waals surface area contributed by atoms with Gasteiger partial charge in [-0.05, 0) is 55.3 Å². The highest BCUT2D eigenvalue weighted by Crippen LogP contribution is 2.34. The third-order valence-corrected chi connectivity index (χ3v) is 4.20. The van der Waals surface area contributed by atoms with Gasteiger partial charge in [0.15, 0.2) is 5.75 Å². The van der Waals surface area contributed by atoms with Crippen LogP contribution < -0.4 is 14.8 Å². The topological polar surface area (TPSA) is 47.6 Å². The Hall–Kier alpha value is -2.20. The number of methoxy groups -OCH3 is 1. The van der Waals surface area contributed by atoms with Gasteiger partial charge in [0.05, 0.1) is 12.8 Å². The second-order valence-corrected chi connectivity index (χ2v) is 5.97. The summed E-state index contributed by atoms with van der Waals surface area (Å²) in [5, 5.41) is 3.47. The van der Waals surface area contributed by atoms with Crippen LogP contribution in [0.5, 0.6) is 17.2 Å². The van der Waals surface area contributed by atoms with E-state index >= 15 is 0 Å². The Balaban J connectivity index is 1.78. The second kappa shape index (κ2) is 6.92. The number of anilines is 1. The van der Waals surface area contributed by atoms with E-state index in [1.165, 1.54) is 0 Å². The lowest BCUT2D eigenvalue weighted by molar-refractivity contribution is -0.122. The molecule has 23 heavy (non-hydrogen) atoms. The number of hydrogen-bond acceptors (Lipinski definition) is 3. The van der Waals surface area contributed by atoms with Crippen molar-refractivity contribution < 1.29 is 14.3 Å². The van der Waals surface area contributed by atoms with E-state index in [1.807, 2.05) is 24.3 Å². The van der Waals surface area contributed by atoms with Gasteiger partial charge in [-0.25, -0.2) is 0 Å². The Labute approximate surface area is 140 Å². The maximum atomic E-state index is 12.2. The summed E-state index contributed by atoms with van der Waals surface area (Å²) < 4.78 is 11.0. The van der Waals surface area contributed by atoms with Crippen LogP contribution in [-0.4, -0.2) is 13.0 Å². The first-order valence-electron chi connectivity index (χ1n) is 7.58. The Bertz CT molecular complexity index is 696. The minimum Gasteiger partial charge on any atom is -0.497 e. The summed E-state index contributed by atoms with van der Waals surface area (Å²) in [5.41, 5.74) is 0.588. The Morgan fingerprint density at radius 2 is 1.83 bits per heavy atom. The van der Waals surface area contributed by atoms with Crippen LogP contribution in [-0.2, 0) is 4.79 Å². The first-order chi connectivity index (χ1) is 11.2. The molecule has 0 saturated heterocycles. The van der Waals surface area contributed by atoms with Gasteiger partial charge in [0.2, 0.25) is 5.91 Å². The van der Waals surface area contributed by atoms with Crippen LogP contribution in [0.25, 0.3) is 0 Å². The molecule has 0 heterocycles. The number of nitrogens with one attached hydrogen (secondary N) is 1. The molecule has 0 unspecified atom stereocenters. The molecule has 1 fully saturated rings. The molecule has 0 bridgehead atoms. The van der Waals surface area contributed by atoms with Crippen molar-refractivity contribution in [1.82, 2.24) is 0 Å². The zero-order chi connectivity index (χ0) is 16.2. The molecule has 2 aromatic rings. The molecule has 4 nitrogen and oxygen atoms in total. The van der Waals surface area contributed by atoms with Crippen LogP contribution in [0, 0.1) is 5.92 Å². The fourth-order valence-electron chi connectivity index (χ4n) is 2.36. The van der Waals surface area contributed by atoms with Crippen LogP contribution in [0.2, 0.25) is 5.02 Å². The average Bonchev–Trinajstić information content (AvgIpc) is 2.49. The summed E-state index contributed by atoms with van der Waals surface area (Å²) >= 11 is 6.05. The highest BCUT2D eigenvalue weighted by atomic mass is 35.5. The number of ether oxygens (including phenoxy) is 2. The summed E-state index contributed by atoms with van der Waals surface area (Å²) in [7, 11) is 1.61. The van der Waals surface area contributed by atoms with E-state index in [0.717, 1.165) is 25.0 Å². The third kappa shape index (κ3) is 3.77. The number of benzene rings is 2. The molecule has 2 aromatic carbocycles. The van der Waals surface area contributed by atoms with Crippen LogP contribution >= 0.6 is 11.6 Å². The lowest BCUT2D eigenvalue weighted by atomic mass is 9.85. The van der Waals surface area contributed by atoms with Gasteiger partial charge in [-0.3, -0.25) is 4.79 Å². The van der Waals surface area contributed by atoms with Crippen molar-refractivity contribution in [1.29, 1.82) is 0 Å². The van der Waals surface area contributed by atoms with Crippen LogP contribution in [0.3, 0.4) is 0 Å². The van der Waals surface area contributed by atoms with Gasteiger partial charge in [-0.2, -0.15) is 0 Å². The Kier molecular flexibility index (Phi) is 4.72. The summed E-state index contributed by atoms with van der Waals surface area (Å²) in [6, 6.07) is 12.4. The lowest BCUT2D eigenvalue weighted by Crippen LogP contribution is -2.28. The van der Waals surface area contributed by atoms with Crippen LogP contribution in [0.4, 0.5) is 5.69 Å². The molecule has 0 aromatic heterocycles. The molecular formula is C18H18ClNO3. The molecule has 1 saturated carbocycles. The SMILES string of the molecule is COc1ccc(Oc2ccc(Cl)cc2NC(=O)C2CCC2)cc1. The van der Waals surface area contributed by atoms with Crippen molar-refractivity contribution in [2.24, 2.45) is 5.92 Å². The largest absolute Gasteiger partial charge is 0.497 e. The van der Waals surface area contributed by atoms with Crippen molar-refractivity contribution in [3.8, 4) is 17.2 Å². The summed E-state index contributed by atoms with van der Waals surface area (Å²) in [6.45, 7) is 0. The summed E-state index contributed by atoms with van der Waals surface area (Å²) in [4.78, 5) is 12.2. The van der Waals surface area contributed by atoms with Crippen molar-refractivity contribution in [2.75, 3.05) is 12.4 Å². The second-order valence-electron chi connectivity index (χ2n) is 5.54. The quantitative estimate of drug-likeness (QED) is 0.849. The van der Waals surface area contributed by atoms with Gasteiger partial charge in [-0.1, -0.05) is 18.0 Å². The smallest absolute Gasteiger partial charge is 0.227 e.